The number of ether oxygens (including phenoxy) is 2. The molecule has 0 aliphatic rings. The van der Waals surface area contributed by atoms with Crippen LogP contribution < -0.4 is 10.1 Å². The molecule has 19 heavy (non-hydrogen) atoms. The second kappa shape index (κ2) is 6.22. The summed E-state index contributed by atoms with van der Waals surface area (Å²) in [6, 6.07) is 5.11. The van der Waals surface area contributed by atoms with E-state index in [1.807, 2.05) is 0 Å². The fraction of sp³-hybridized carbons (Fsp3) is 0.429. The van der Waals surface area contributed by atoms with Gasteiger partial charge in [0.05, 0.1) is 12.7 Å². The molecule has 0 atom stereocenters. The number of methoxy groups -OCH3 is 1. The summed E-state index contributed by atoms with van der Waals surface area (Å²) in [5.41, 5.74) is 0.778. The third-order valence-electron chi connectivity index (χ3n) is 2.26. The second-order valence-electron chi connectivity index (χ2n) is 5.05. The molecule has 0 aliphatic heterocycles. The van der Waals surface area contributed by atoms with E-state index in [9.17, 15) is 9.59 Å². The predicted molar refractivity (Wildman–Crippen MR) is 71.5 cm³/mol. The van der Waals surface area contributed by atoms with Crippen LogP contribution in [0.2, 0.25) is 0 Å². The summed E-state index contributed by atoms with van der Waals surface area (Å²) in [6.45, 7) is 5.71. The van der Waals surface area contributed by atoms with Crippen LogP contribution in [0, 0.1) is 0 Å². The number of hydrogen-bond donors (Lipinski definition) is 1. The molecule has 1 amide bonds. The molecule has 0 fully saturated rings. The highest BCUT2D eigenvalue weighted by Gasteiger charge is 2.15. The molecule has 5 heteroatoms. The van der Waals surface area contributed by atoms with E-state index in [2.05, 4.69) is 5.32 Å². The minimum absolute atomic E-state index is 0.310. The molecule has 0 aliphatic carbocycles. The van der Waals surface area contributed by atoms with Crippen molar-refractivity contribution in [3.63, 3.8) is 0 Å². The first-order valence-electron chi connectivity index (χ1n) is 5.94. The second-order valence-corrected chi connectivity index (χ2v) is 5.05. The van der Waals surface area contributed by atoms with Crippen LogP contribution in [-0.2, 0) is 11.3 Å². The van der Waals surface area contributed by atoms with Crippen LogP contribution in [0.4, 0.5) is 4.79 Å². The Labute approximate surface area is 112 Å². The summed E-state index contributed by atoms with van der Waals surface area (Å²) in [6.07, 6.45) is 0.245. The van der Waals surface area contributed by atoms with Gasteiger partial charge in [-0.15, -0.1) is 0 Å². The molecule has 5 nitrogen and oxygen atoms in total. The summed E-state index contributed by atoms with van der Waals surface area (Å²) in [5.74, 6) is 0.485. The first kappa shape index (κ1) is 15.0. The quantitative estimate of drug-likeness (QED) is 0.850. The molecule has 104 valence electrons. The SMILES string of the molecule is COc1cc(CNC(=O)OC(C)(C)C)ccc1C=O. The predicted octanol–water partition coefficient (Wildman–Crippen LogP) is 2.53. The number of nitrogens with one attached hydrogen (secondary N) is 1. The van der Waals surface area contributed by atoms with E-state index in [-0.39, 0.29) is 0 Å². The molecular weight excluding hydrogens is 246 g/mol. The Kier molecular flexibility index (Phi) is 4.92. The van der Waals surface area contributed by atoms with E-state index in [4.69, 9.17) is 9.47 Å². The molecule has 0 heterocycles. The number of amides is 1. The van der Waals surface area contributed by atoms with Crippen molar-refractivity contribution in [1.29, 1.82) is 0 Å². The Hall–Kier alpha value is -2.04. The lowest BCUT2D eigenvalue weighted by Crippen LogP contribution is -2.32. The number of carbonyl (C=O) groups is 2. The zero-order valence-corrected chi connectivity index (χ0v) is 11.6. The van der Waals surface area contributed by atoms with Crippen molar-refractivity contribution < 1.29 is 19.1 Å². The first-order valence-corrected chi connectivity index (χ1v) is 5.94. The molecule has 1 aromatic carbocycles. The van der Waals surface area contributed by atoms with Crippen LogP contribution in [-0.4, -0.2) is 25.1 Å². The fourth-order valence-electron chi connectivity index (χ4n) is 1.45. The summed E-state index contributed by atoms with van der Waals surface area (Å²) in [5, 5.41) is 2.64. The van der Waals surface area contributed by atoms with Crippen LogP contribution in [0.5, 0.6) is 5.75 Å². The van der Waals surface area contributed by atoms with Gasteiger partial charge in [-0.1, -0.05) is 6.07 Å². The smallest absolute Gasteiger partial charge is 0.407 e. The molecule has 0 radical (unpaired) electrons. The molecule has 1 rings (SSSR count). The van der Waals surface area contributed by atoms with Gasteiger partial charge in [-0.3, -0.25) is 4.79 Å². The molecular formula is C14H19NO4. The third kappa shape index (κ3) is 4.99. The molecule has 0 unspecified atom stereocenters. The summed E-state index contributed by atoms with van der Waals surface area (Å²) >= 11 is 0. The Bertz CT molecular complexity index is 463. The highest BCUT2D eigenvalue weighted by atomic mass is 16.6. The number of hydrogen-bond acceptors (Lipinski definition) is 4. The highest BCUT2D eigenvalue weighted by molar-refractivity contribution is 5.79. The average Bonchev–Trinajstić information content (AvgIpc) is 2.33. The Balaban J connectivity index is 2.63. The zero-order chi connectivity index (χ0) is 14.5. The fourth-order valence-corrected chi connectivity index (χ4v) is 1.45. The Morgan fingerprint density at radius 1 is 1.37 bits per heavy atom. The lowest BCUT2D eigenvalue weighted by atomic mass is 10.1. The third-order valence-corrected chi connectivity index (χ3v) is 2.26. The van der Waals surface area contributed by atoms with Crippen LogP contribution in [0.3, 0.4) is 0 Å². The summed E-state index contributed by atoms with van der Waals surface area (Å²) in [4.78, 5) is 22.2. The maximum Gasteiger partial charge on any atom is 0.407 e. The van der Waals surface area contributed by atoms with Crippen LogP contribution in [0.15, 0.2) is 18.2 Å². The van der Waals surface area contributed by atoms with Gasteiger partial charge in [0.1, 0.15) is 11.4 Å². The monoisotopic (exact) mass is 265 g/mol. The molecule has 0 saturated heterocycles. The topological polar surface area (TPSA) is 64.6 Å². The lowest BCUT2D eigenvalue weighted by molar-refractivity contribution is 0.0523. The van der Waals surface area contributed by atoms with Crippen LogP contribution in [0.25, 0.3) is 0 Å². The minimum atomic E-state index is -0.525. The van der Waals surface area contributed by atoms with Gasteiger partial charge in [-0.2, -0.15) is 0 Å². The van der Waals surface area contributed by atoms with E-state index in [0.29, 0.717) is 17.9 Å². The van der Waals surface area contributed by atoms with E-state index < -0.39 is 11.7 Å². The van der Waals surface area contributed by atoms with E-state index >= 15 is 0 Å². The number of carbonyl (C=O) groups excluding carboxylic acids is 2. The molecule has 0 saturated carbocycles. The van der Waals surface area contributed by atoms with Crippen molar-refractivity contribution >= 4 is 12.4 Å². The maximum atomic E-state index is 11.5. The zero-order valence-electron chi connectivity index (χ0n) is 11.6. The highest BCUT2D eigenvalue weighted by Crippen LogP contribution is 2.18. The van der Waals surface area contributed by atoms with Crippen molar-refractivity contribution in [2.75, 3.05) is 7.11 Å². The van der Waals surface area contributed by atoms with Crippen molar-refractivity contribution in [2.45, 2.75) is 32.9 Å². The number of alkyl carbamates (subject to hydrolysis) is 1. The lowest BCUT2D eigenvalue weighted by Gasteiger charge is -2.19. The van der Waals surface area contributed by atoms with Gasteiger partial charge in [0, 0.05) is 6.54 Å². The standard InChI is InChI=1S/C14H19NO4/c1-14(2,3)19-13(17)15-8-10-5-6-11(9-16)12(7-10)18-4/h5-7,9H,8H2,1-4H3,(H,15,17). The van der Waals surface area contributed by atoms with E-state index in [1.54, 1.807) is 39.0 Å². The summed E-state index contributed by atoms with van der Waals surface area (Å²) in [7, 11) is 1.49. The number of benzene rings is 1. The van der Waals surface area contributed by atoms with E-state index in [1.165, 1.54) is 7.11 Å². The number of aldehydes is 1. The van der Waals surface area contributed by atoms with Gasteiger partial charge in [-0.05, 0) is 38.5 Å². The molecule has 0 aromatic heterocycles. The minimum Gasteiger partial charge on any atom is -0.496 e. The molecule has 0 bridgehead atoms. The van der Waals surface area contributed by atoms with Gasteiger partial charge >= 0.3 is 6.09 Å². The average molecular weight is 265 g/mol. The Morgan fingerprint density at radius 2 is 2.05 bits per heavy atom. The van der Waals surface area contributed by atoms with Gasteiger partial charge in [-0.25, -0.2) is 4.79 Å². The van der Waals surface area contributed by atoms with Crippen molar-refractivity contribution in [1.82, 2.24) is 5.32 Å². The van der Waals surface area contributed by atoms with Gasteiger partial charge < -0.3 is 14.8 Å². The van der Waals surface area contributed by atoms with Crippen LogP contribution in [0.1, 0.15) is 36.7 Å². The van der Waals surface area contributed by atoms with Crippen LogP contribution >= 0.6 is 0 Å². The van der Waals surface area contributed by atoms with E-state index in [0.717, 1.165) is 11.8 Å². The maximum absolute atomic E-state index is 11.5. The van der Waals surface area contributed by atoms with Crippen molar-refractivity contribution in [3.8, 4) is 5.75 Å². The Morgan fingerprint density at radius 3 is 2.58 bits per heavy atom. The normalized spacial score (nSPS) is 10.7. The van der Waals surface area contributed by atoms with Gasteiger partial charge in [0.2, 0.25) is 0 Å². The molecule has 1 N–H and O–H groups in total. The van der Waals surface area contributed by atoms with Crippen molar-refractivity contribution in [3.05, 3.63) is 29.3 Å². The summed E-state index contributed by atoms with van der Waals surface area (Å²) < 4.78 is 10.2. The van der Waals surface area contributed by atoms with Gasteiger partial charge in [0.25, 0.3) is 0 Å². The molecule has 0 spiro atoms. The largest absolute Gasteiger partial charge is 0.496 e. The van der Waals surface area contributed by atoms with Gasteiger partial charge in [0.15, 0.2) is 6.29 Å². The first-order chi connectivity index (χ1) is 8.85. The molecule has 1 aromatic rings. The number of rotatable bonds is 4. The van der Waals surface area contributed by atoms with Crippen molar-refractivity contribution in [2.24, 2.45) is 0 Å².